The van der Waals surface area contributed by atoms with Crippen LogP contribution in [0.3, 0.4) is 0 Å². The van der Waals surface area contributed by atoms with Gasteiger partial charge in [0.25, 0.3) is 0 Å². The number of aliphatic imine (C=N–C) groups is 1. The maximum atomic E-state index is 4.72. The van der Waals surface area contributed by atoms with Crippen LogP contribution < -0.4 is 15.5 Å². The van der Waals surface area contributed by atoms with E-state index in [9.17, 15) is 0 Å². The van der Waals surface area contributed by atoms with Crippen LogP contribution in [0.25, 0.3) is 0 Å². The van der Waals surface area contributed by atoms with Crippen molar-refractivity contribution in [1.29, 1.82) is 0 Å². The second kappa shape index (κ2) is 11.5. The minimum absolute atomic E-state index is 0.479. The quantitative estimate of drug-likeness (QED) is 0.287. The Kier molecular flexibility index (Phi) is 8.40. The lowest BCUT2D eigenvalue weighted by Gasteiger charge is -2.19. The van der Waals surface area contributed by atoms with Gasteiger partial charge in [-0.3, -0.25) is 0 Å². The summed E-state index contributed by atoms with van der Waals surface area (Å²) < 4.78 is 1.97. The maximum absolute atomic E-state index is 4.72. The van der Waals surface area contributed by atoms with Crippen molar-refractivity contribution in [2.75, 3.05) is 31.6 Å². The van der Waals surface area contributed by atoms with Crippen LogP contribution in [-0.2, 0) is 20.0 Å². The van der Waals surface area contributed by atoms with Crippen molar-refractivity contribution in [2.24, 2.45) is 12.0 Å². The number of aryl methyl sites for hydroxylation is 2. The molecule has 2 aromatic heterocycles. The van der Waals surface area contributed by atoms with Gasteiger partial charge in [0.1, 0.15) is 12.4 Å². The van der Waals surface area contributed by atoms with Gasteiger partial charge in [-0.1, -0.05) is 18.2 Å². The van der Waals surface area contributed by atoms with Gasteiger partial charge in [0, 0.05) is 56.9 Å². The number of thiazole rings is 1. The molecule has 0 aliphatic heterocycles. The summed E-state index contributed by atoms with van der Waals surface area (Å²) >= 11 is 1.74. The zero-order chi connectivity index (χ0) is 22.1. The van der Waals surface area contributed by atoms with E-state index in [1.807, 2.05) is 30.8 Å². The van der Waals surface area contributed by atoms with Crippen LogP contribution >= 0.6 is 11.3 Å². The first kappa shape index (κ1) is 22.7. The number of hydrogen-bond acceptors (Lipinski definition) is 6. The molecule has 9 heteroatoms. The Bertz CT molecular complexity index is 963. The molecule has 31 heavy (non-hydrogen) atoms. The maximum Gasteiger partial charge on any atom is 0.191 e. The minimum Gasteiger partial charge on any atom is -0.375 e. The zero-order valence-electron chi connectivity index (χ0n) is 18.8. The average Bonchev–Trinajstić information content (AvgIpc) is 3.34. The number of para-hydroxylation sites is 1. The van der Waals surface area contributed by atoms with Gasteiger partial charge >= 0.3 is 0 Å². The van der Waals surface area contributed by atoms with E-state index in [0.29, 0.717) is 6.54 Å². The molecule has 2 heterocycles. The molecule has 2 N–H and O–H groups in total. The third-order valence-corrected chi connectivity index (χ3v) is 5.99. The minimum atomic E-state index is 0.479. The summed E-state index contributed by atoms with van der Waals surface area (Å²) in [6.45, 7) is 7.07. The molecule has 0 spiro atoms. The summed E-state index contributed by atoms with van der Waals surface area (Å²) in [5.74, 6) is 2.52. The van der Waals surface area contributed by atoms with Crippen LogP contribution in [0.15, 0.2) is 41.5 Å². The SMILES string of the molecule is Cc1cnc(CCNC(=NCc2nnc(C)n2C)NCCCN(C)c2ccccc2)s1. The Morgan fingerprint density at radius 1 is 1.13 bits per heavy atom. The Hall–Kier alpha value is -2.94. The molecule has 0 radical (unpaired) electrons. The molecular formula is C22H32N8S. The largest absolute Gasteiger partial charge is 0.375 e. The molecule has 0 bridgehead atoms. The fraction of sp³-hybridized carbons (Fsp3) is 0.455. The molecular weight excluding hydrogens is 408 g/mol. The topological polar surface area (TPSA) is 83.3 Å². The van der Waals surface area contributed by atoms with Gasteiger partial charge in [-0.15, -0.1) is 21.5 Å². The van der Waals surface area contributed by atoms with E-state index in [1.54, 1.807) is 11.3 Å². The van der Waals surface area contributed by atoms with Crippen molar-refractivity contribution < 1.29 is 0 Å². The molecule has 3 rings (SSSR count). The van der Waals surface area contributed by atoms with E-state index in [4.69, 9.17) is 4.99 Å². The Morgan fingerprint density at radius 3 is 2.58 bits per heavy atom. The number of anilines is 1. The summed E-state index contributed by atoms with van der Waals surface area (Å²) in [6, 6.07) is 10.4. The van der Waals surface area contributed by atoms with Crippen LogP contribution in [0, 0.1) is 13.8 Å². The fourth-order valence-electron chi connectivity index (χ4n) is 3.05. The van der Waals surface area contributed by atoms with Gasteiger partial charge in [0.2, 0.25) is 0 Å². The van der Waals surface area contributed by atoms with E-state index in [1.165, 1.54) is 10.6 Å². The number of benzene rings is 1. The van der Waals surface area contributed by atoms with Crippen molar-refractivity contribution in [2.45, 2.75) is 33.2 Å². The third-order valence-electron chi connectivity index (χ3n) is 5.02. The highest BCUT2D eigenvalue weighted by molar-refractivity contribution is 7.11. The monoisotopic (exact) mass is 440 g/mol. The molecule has 1 aromatic carbocycles. The van der Waals surface area contributed by atoms with Crippen LogP contribution in [0.1, 0.15) is 28.0 Å². The molecule has 0 saturated heterocycles. The first-order valence-corrected chi connectivity index (χ1v) is 11.4. The lowest BCUT2D eigenvalue weighted by Crippen LogP contribution is -2.39. The van der Waals surface area contributed by atoms with Crippen molar-refractivity contribution >= 4 is 23.0 Å². The molecule has 0 saturated carbocycles. The number of guanidine groups is 1. The summed E-state index contributed by atoms with van der Waals surface area (Å²) in [6.07, 6.45) is 3.80. The first-order valence-electron chi connectivity index (χ1n) is 10.6. The summed E-state index contributed by atoms with van der Waals surface area (Å²) in [5.41, 5.74) is 1.23. The predicted molar refractivity (Wildman–Crippen MR) is 128 cm³/mol. The number of hydrogen-bond donors (Lipinski definition) is 2. The standard InChI is InChI=1S/C22H32N8S/c1-17-15-25-21(31-17)11-13-24-22(26-16-20-28-27-18(2)30(20)4)23-12-8-14-29(3)19-9-6-5-7-10-19/h5-7,9-10,15H,8,11-14,16H2,1-4H3,(H2,23,24,26). The second-order valence-electron chi connectivity index (χ2n) is 7.47. The van der Waals surface area contributed by atoms with Gasteiger partial charge in [0.05, 0.1) is 5.01 Å². The third kappa shape index (κ3) is 7.06. The first-order chi connectivity index (χ1) is 15.0. The smallest absolute Gasteiger partial charge is 0.191 e. The molecule has 166 valence electrons. The van der Waals surface area contributed by atoms with E-state index in [2.05, 4.69) is 69.0 Å². The Balaban J connectivity index is 1.51. The highest BCUT2D eigenvalue weighted by Gasteiger charge is 2.06. The molecule has 0 fully saturated rings. The van der Waals surface area contributed by atoms with Crippen LogP contribution in [0.5, 0.6) is 0 Å². The number of aromatic nitrogens is 4. The highest BCUT2D eigenvalue weighted by atomic mass is 32.1. The Morgan fingerprint density at radius 2 is 1.90 bits per heavy atom. The van der Waals surface area contributed by atoms with Crippen LogP contribution in [0.2, 0.25) is 0 Å². The van der Waals surface area contributed by atoms with Gasteiger partial charge in [-0.05, 0) is 32.4 Å². The number of rotatable bonds is 10. The van der Waals surface area contributed by atoms with Crippen LogP contribution in [-0.4, -0.2) is 52.4 Å². The molecule has 0 atom stereocenters. The summed E-state index contributed by atoms with van der Waals surface area (Å²) in [7, 11) is 4.08. The van der Waals surface area contributed by atoms with E-state index < -0.39 is 0 Å². The van der Waals surface area contributed by atoms with Gasteiger partial charge in [-0.2, -0.15) is 0 Å². The van der Waals surface area contributed by atoms with Crippen molar-refractivity contribution in [3.8, 4) is 0 Å². The number of nitrogens with zero attached hydrogens (tertiary/aromatic N) is 6. The van der Waals surface area contributed by atoms with E-state index in [0.717, 1.165) is 55.1 Å². The molecule has 8 nitrogen and oxygen atoms in total. The van der Waals surface area contributed by atoms with Crippen molar-refractivity contribution in [3.05, 3.63) is 58.1 Å². The van der Waals surface area contributed by atoms with Gasteiger partial charge < -0.3 is 20.1 Å². The summed E-state index contributed by atoms with van der Waals surface area (Å²) in [4.78, 5) is 12.7. The average molecular weight is 441 g/mol. The van der Waals surface area contributed by atoms with Crippen molar-refractivity contribution in [3.63, 3.8) is 0 Å². The molecule has 3 aromatic rings. The number of nitrogens with one attached hydrogen (secondary N) is 2. The molecule has 0 unspecified atom stereocenters. The van der Waals surface area contributed by atoms with Gasteiger partial charge in [0.15, 0.2) is 11.8 Å². The second-order valence-corrected chi connectivity index (χ2v) is 8.79. The summed E-state index contributed by atoms with van der Waals surface area (Å²) in [5, 5.41) is 16.3. The molecule has 0 aliphatic rings. The van der Waals surface area contributed by atoms with E-state index in [-0.39, 0.29) is 0 Å². The van der Waals surface area contributed by atoms with Gasteiger partial charge in [-0.25, -0.2) is 9.98 Å². The predicted octanol–water partition coefficient (Wildman–Crippen LogP) is 2.69. The highest BCUT2D eigenvalue weighted by Crippen LogP contribution is 2.11. The lowest BCUT2D eigenvalue weighted by atomic mass is 10.3. The van der Waals surface area contributed by atoms with E-state index >= 15 is 0 Å². The Labute approximate surface area is 188 Å². The lowest BCUT2D eigenvalue weighted by molar-refractivity contribution is 0.715. The molecule has 0 amide bonds. The molecule has 0 aliphatic carbocycles. The van der Waals surface area contributed by atoms with Crippen molar-refractivity contribution in [1.82, 2.24) is 30.4 Å². The normalized spacial score (nSPS) is 11.5. The van der Waals surface area contributed by atoms with Crippen LogP contribution in [0.4, 0.5) is 5.69 Å². The fourth-order valence-corrected chi connectivity index (χ4v) is 3.84. The zero-order valence-corrected chi connectivity index (χ0v) is 19.6.